The van der Waals surface area contributed by atoms with Crippen molar-refractivity contribution in [2.24, 2.45) is 0 Å². The highest BCUT2D eigenvalue weighted by atomic mass is 16.5. The number of hydrogen-bond acceptors (Lipinski definition) is 6. The monoisotopic (exact) mass is 404 g/mol. The minimum Gasteiger partial charge on any atom is -0.508 e. The van der Waals surface area contributed by atoms with Gasteiger partial charge in [-0.15, -0.1) is 0 Å². The summed E-state index contributed by atoms with van der Waals surface area (Å²) in [5.41, 5.74) is 1.82. The Morgan fingerprint density at radius 2 is 1.53 bits per heavy atom. The summed E-state index contributed by atoms with van der Waals surface area (Å²) in [5, 5.41) is 9.71. The molecule has 0 spiro atoms. The molecule has 0 aromatic heterocycles. The molecule has 30 heavy (non-hydrogen) atoms. The lowest BCUT2D eigenvalue weighted by Gasteiger charge is -2.09. The minimum absolute atomic E-state index is 0.116. The Hall–Kier alpha value is -4.06. The van der Waals surface area contributed by atoms with E-state index in [4.69, 9.17) is 14.2 Å². The number of phenols is 1. The molecule has 3 aromatic rings. The molecular formula is C24H20O6. The van der Waals surface area contributed by atoms with Crippen molar-refractivity contribution in [2.75, 3.05) is 7.11 Å². The summed E-state index contributed by atoms with van der Waals surface area (Å²) in [7, 11) is 1.53. The summed E-state index contributed by atoms with van der Waals surface area (Å²) in [4.78, 5) is 23.6. The number of rotatable bonds is 6. The molecule has 3 rings (SSSR count). The number of carbonyl (C=O) groups is 2. The molecule has 0 bridgehead atoms. The highest BCUT2D eigenvalue weighted by Gasteiger charge is 2.15. The first kappa shape index (κ1) is 20.7. The van der Waals surface area contributed by atoms with Crippen LogP contribution in [-0.4, -0.2) is 24.2 Å². The smallest absolute Gasteiger partial charge is 0.347 e. The van der Waals surface area contributed by atoms with E-state index in [0.717, 1.165) is 11.1 Å². The summed E-state index contributed by atoms with van der Waals surface area (Å²) < 4.78 is 15.6. The maximum absolute atomic E-state index is 12.4. The van der Waals surface area contributed by atoms with Crippen LogP contribution in [0.2, 0.25) is 0 Å². The van der Waals surface area contributed by atoms with Crippen LogP contribution in [0.15, 0.2) is 66.7 Å². The molecule has 0 fully saturated rings. The number of benzene rings is 3. The largest absolute Gasteiger partial charge is 0.508 e. The highest BCUT2D eigenvalue weighted by molar-refractivity contribution is 5.94. The van der Waals surface area contributed by atoms with Gasteiger partial charge in [-0.2, -0.15) is 0 Å². The van der Waals surface area contributed by atoms with Crippen molar-refractivity contribution >= 4 is 24.1 Å². The Bertz CT molecular complexity index is 1080. The van der Waals surface area contributed by atoms with Gasteiger partial charge in [-0.05, 0) is 47.5 Å². The van der Waals surface area contributed by atoms with Crippen molar-refractivity contribution in [3.8, 4) is 23.0 Å². The van der Waals surface area contributed by atoms with Gasteiger partial charge in [-0.25, -0.2) is 4.79 Å². The molecule has 6 nitrogen and oxygen atoms in total. The number of phenolic OH excluding ortho intramolecular Hbond substituents is 1. The van der Waals surface area contributed by atoms with E-state index in [0.29, 0.717) is 11.5 Å². The van der Waals surface area contributed by atoms with Crippen molar-refractivity contribution < 1.29 is 28.9 Å². The van der Waals surface area contributed by atoms with Crippen LogP contribution < -0.4 is 14.2 Å². The lowest BCUT2D eigenvalue weighted by atomic mass is 10.1. The number of ether oxygens (including phenoxy) is 3. The molecule has 6 heteroatoms. The Morgan fingerprint density at radius 1 is 0.833 bits per heavy atom. The molecule has 0 aliphatic rings. The second kappa shape index (κ2) is 9.43. The first-order valence-corrected chi connectivity index (χ1v) is 9.10. The Morgan fingerprint density at radius 3 is 2.23 bits per heavy atom. The lowest BCUT2D eigenvalue weighted by molar-refractivity contribution is -0.131. The first-order chi connectivity index (χ1) is 14.4. The van der Waals surface area contributed by atoms with E-state index in [-0.39, 0.29) is 17.1 Å². The quantitative estimate of drug-likeness (QED) is 0.364. The van der Waals surface area contributed by atoms with E-state index in [9.17, 15) is 14.7 Å². The summed E-state index contributed by atoms with van der Waals surface area (Å²) in [6, 6.07) is 18.2. The Labute approximate surface area is 174 Å². The van der Waals surface area contributed by atoms with E-state index in [1.165, 1.54) is 32.2 Å². The molecule has 0 amide bonds. The summed E-state index contributed by atoms with van der Waals surface area (Å²) >= 11 is 0. The molecule has 0 heterocycles. The van der Waals surface area contributed by atoms with Gasteiger partial charge in [0, 0.05) is 13.0 Å². The number of carbonyl (C=O) groups excluding carboxylic acids is 2. The van der Waals surface area contributed by atoms with E-state index in [2.05, 4.69) is 0 Å². The van der Waals surface area contributed by atoms with Crippen LogP contribution in [0.3, 0.4) is 0 Å². The first-order valence-electron chi connectivity index (χ1n) is 9.10. The predicted octanol–water partition coefficient (Wildman–Crippen LogP) is 4.72. The molecule has 3 aromatic carbocycles. The molecule has 0 saturated heterocycles. The SMILES string of the molecule is COc1cc(O)cc(/C=C/c2ccc(OC(=O)c3ccccc3OC(C)=O)cc2)c1. The average molecular weight is 404 g/mol. The molecule has 0 aliphatic carbocycles. The van der Waals surface area contributed by atoms with Gasteiger partial charge in [0.25, 0.3) is 0 Å². The third-order valence-electron chi connectivity index (χ3n) is 4.07. The lowest BCUT2D eigenvalue weighted by Crippen LogP contribution is -2.12. The van der Waals surface area contributed by atoms with Gasteiger partial charge in [0.05, 0.1) is 7.11 Å². The number of hydrogen-bond donors (Lipinski definition) is 1. The van der Waals surface area contributed by atoms with Gasteiger partial charge in [0.1, 0.15) is 28.6 Å². The summed E-state index contributed by atoms with van der Waals surface area (Å²) in [5.74, 6) is 0.0406. The third kappa shape index (κ3) is 5.48. The highest BCUT2D eigenvalue weighted by Crippen LogP contribution is 2.24. The molecule has 0 radical (unpaired) electrons. The molecule has 152 valence electrons. The second-order valence-electron chi connectivity index (χ2n) is 6.35. The van der Waals surface area contributed by atoms with E-state index in [1.54, 1.807) is 48.5 Å². The number of esters is 2. The molecule has 1 N–H and O–H groups in total. The Kier molecular flexibility index (Phi) is 6.49. The van der Waals surface area contributed by atoms with Crippen molar-refractivity contribution in [3.05, 3.63) is 83.4 Å². The average Bonchev–Trinajstić information content (AvgIpc) is 2.72. The van der Waals surface area contributed by atoms with Crippen LogP contribution in [0.5, 0.6) is 23.0 Å². The molecular weight excluding hydrogens is 384 g/mol. The van der Waals surface area contributed by atoms with Gasteiger partial charge < -0.3 is 19.3 Å². The van der Waals surface area contributed by atoms with E-state index in [1.807, 2.05) is 12.2 Å². The fourth-order valence-electron chi connectivity index (χ4n) is 2.70. The third-order valence-corrected chi connectivity index (χ3v) is 4.07. The van der Waals surface area contributed by atoms with Gasteiger partial charge in [-0.1, -0.05) is 36.4 Å². The normalized spacial score (nSPS) is 10.6. The van der Waals surface area contributed by atoms with Crippen molar-refractivity contribution in [2.45, 2.75) is 6.92 Å². The van der Waals surface area contributed by atoms with Crippen LogP contribution in [0.25, 0.3) is 12.2 Å². The zero-order valence-corrected chi connectivity index (χ0v) is 16.5. The van der Waals surface area contributed by atoms with E-state index >= 15 is 0 Å². The predicted molar refractivity (Wildman–Crippen MR) is 113 cm³/mol. The van der Waals surface area contributed by atoms with Crippen LogP contribution in [0.1, 0.15) is 28.4 Å². The van der Waals surface area contributed by atoms with Gasteiger partial charge in [0.15, 0.2) is 0 Å². The van der Waals surface area contributed by atoms with Crippen LogP contribution in [0, 0.1) is 0 Å². The number of methoxy groups -OCH3 is 1. The summed E-state index contributed by atoms with van der Waals surface area (Å²) in [6.45, 7) is 1.27. The van der Waals surface area contributed by atoms with Crippen LogP contribution >= 0.6 is 0 Å². The topological polar surface area (TPSA) is 82.1 Å². The maximum atomic E-state index is 12.4. The number of aromatic hydroxyl groups is 1. The standard InChI is InChI=1S/C24H20O6/c1-16(25)29-23-6-4-3-5-22(23)24(27)30-20-11-9-17(10-12-20)7-8-18-13-19(26)15-21(14-18)28-2/h3-15,26H,1-2H3/b8-7+. The molecule has 0 atom stereocenters. The zero-order chi connectivity index (χ0) is 21.5. The zero-order valence-electron chi connectivity index (χ0n) is 16.5. The summed E-state index contributed by atoms with van der Waals surface area (Å²) in [6.07, 6.45) is 3.69. The fourth-order valence-corrected chi connectivity index (χ4v) is 2.70. The van der Waals surface area contributed by atoms with Crippen molar-refractivity contribution in [1.82, 2.24) is 0 Å². The molecule has 0 aliphatic heterocycles. The van der Waals surface area contributed by atoms with Gasteiger partial charge in [0.2, 0.25) is 0 Å². The van der Waals surface area contributed by atoms with E-state index < -0.39 is 11.9 Å². The van der Waals surface area contributed by atoms with Gasteiger partial charge >= 0.3 is 11.9 Å². The van der Waals surface area contributed by atoms with Crippen LogP contribution in [-0.2, 0) is 4.79 Å². The minimum atomic E-state index is -0.623. The second-order valence-corrected chi connectivity index (χ2v) is 6.35. The van der Waals surface area contributed by atoms with Gasteiger partial charge in [-0.3, -0.25) is 4.79 Å². The maximum Gasteiger partial charge on any atom is 0.347 e. The molecule has 0 unspecified atom stereocenters. The fraction of sp³-hybridized carbons (Fsp3) is 0.0833. The number of para-hydroxylation sites is 1. The Balaban J connectivity index is 1.70. The van der Waals surface area contributed by atoms with Crippen LogP contribution in [0.4, 0.5) is 0 Å². The van der Waals surface area contributed by atoms with Crippen molar-refractivity contribution in [3.63, 3.8) is 0 Å². The molecule has 0 saturated carbocycles. The van der Waals surface area contributed by atoms with Crippen molar-refractivity contribution in [1.29, 1.82) is 0 Å².